The molecule has 3 spiro atoms. The molecular weight excluding hydrogens is 1310 g/mol. The SMILES string of the molecule is c1ccc(-c2ccc(N3c4cc(-n5c6ccccc6c6ccccc65)cc5c4B(c4c3ccc3c4-c4ccccc4C34c3ccccc3-c3ccccc34)c3c(ccc4c3-c3ccccc3C43c4ccccc4-c4ccccc43)N5c3ccc4c(c3)C3(c5ccccc5-c5ccccc53)c3ccccc3-4)cc2)cc1. The van der Waals surface area contributed by atoms with Crippen molar-refractivity contribution < 1.29 is 0 Å². The van der Waals surface area contributed by atoms with Gasteiger partial charge in [0, 0.05) is 44.9 Å². The van der Waals surface area contributed by atoms with Crippen molar-refractivity contribution >= 4 is 79.0 Å². The second-order valence-electron chi connectivity index (χ2n) is 31.0. The molecule has 0 N–H and O–H groups in total. The minimum absolute atomic E-state index is 0.341. The molecule has 26 rings (SSSR count). The van der Waals surface area contributed by atoms with Crippen molar-refractivity contribution in [3.8, 4) is 83.6 Å². The van der Waals surface area contributed by atoms with E-state index in [4.69, 9.17) is 0 Å². The van der Waals surface area contributed by atoms with Crippen LogP contribution in [0.15, 0.2) is 376 Å². The molecule has 2 aliphatic heterocycles. The van der Waals surface area contributed by atoms with Gasteiger partial charge in [-0.2, -0.15) is 0 Å². The van der Waals surface area contributed by atoms with Crippen molar-refractivity contribution in [2.45, 2.75) is 16.2 Å². The lowest BCUT2D eigenvalue weighted by Crippen LogP contribution is -2.62. The van der Waals surface area contributed by atoms with Crippen molar-refractivity contribution in [2.24, 2.45) is 0 Å². The Hall–Kier alpha value is -13.8. The minimum Gasteiger partial charge on any atom is -0.311 e. The predicted octanol–water partition coefficient (Wildman–Crippen LogP) is 23.6. The summed E-state index contributed by atoms with van der Waals surface area (Å²) in [6.07, 6.45) is 0. The second kappa shape index (κ2) is 20.8. The lowest BCUT2D eigenvalue weighted by Gasteiger charge is -2.46. The van der Waals surface area contributed by atoms with Gasteiger partial charge in [0.05, 0.1) is 33.0 Å². The monoisotopic (exact) mass is 1380 g/mol. The third-order valence-corrected chi connectivity index (χ3v) is 26.6. The second-order valence-corrected chi connectivity index (χ2v) is 31.0. The van der Waals surface area contributed by atoms with Gasteiger partial charge < -0.3 is 14.4 Å². The molecule has 1 aromatic heterocycles. The summed E-state index contributed by atoms with van der Waals surface area (Å²) < 4.78 is 2.56. The van der Waals surface area contributed by atoms with E-state index in [0.717, 1.165) is 39.5 Å². The van der Waals surface area contributed by atoms with Gasteiger partial charge in [0.1, 0.15) is 0 Å². The maximum atomic E-state index is 2.75. The van der Waals surface area contributed by atoms with Crippen LogP contribution in [0.2, 0.25) is 0 Å². The summed E-state index contributed by atoms with van der Waals surface area (Å²) >= 11 is 0. The van der Waals surface area contributed by atoms with E-state index in [1.54, 1.807) is 0 Å². The smallest absolute Gasteiger partial charge is 0.253 e. The normalized spacial score (nSPS) is 15.0. The van der Waals surface area contributed by atoms with E-state index in [0.29, 0.717) is 0 Å². The van der Waals surface area contributed by atoms with Gasteiger partial charge in [-0.25, -0.2) is 0 Å². The van der Waals surface area contributed by atoms with Crippen molar-refractivity contribution in [1.29, 1.82) is 0 Å². The van der Waals surface area contributed by atoms with Crippen LogP contribution in [0.25, 0.3) is 105 Å². The number of nitrogens with zero attached hydrogens (tertiary/aromatic N) is 3. The van der Waals surface area contributed by atoms with Gasteiger partial charge in [-0.05, 0) is 222 Å². The number of hydrogen-bond acceptors (Lipinski definition) is 2. The Kier molecular flexibility index (Phi) is 11.2. The molecule has 6 aliphatic carbocycles. The molecule has 0 saturated carbocycles. The Bertz CT molecular complexity index is 6950. The van der Waals surface area contributed by atoms with Crippen LogP contribution in [0.1, 0.15) is 66.8 Å². The summed E-state index contributed by atoms with van der Waals surface area (Å²) in [4.78, 5) is 5.44. The first kappa shape index (κ1) is 58.5. The number of fused-ring (bicyclic) bond motifs is 39. The van der Waals surface area contributed by atoms with E-state index in [-0.39, 0.29) is 6.71 Å². The Morgan fingerprint density at radius 3 is 0.917 bits per heavy atom. The zero-order chi connectivity index (χ0) is 70.7. The number of hydrogen-bond donors (Lipinski definition) is 0. The van der Waals surface area contributed by atoms with E-state index < -0.39 is 16.2 Å². The first-order chi connectivity index (χ1) is 54.1. The molecule has 0 amide bonds. The third-order valence-electron chi connectivity index (χ3n) is 26.6. The van der Waals surface area contributed by atoms with Crippen LogP contribution in [0.4, 0.5) is 34.1 Å². The zero-order valence-electron chi connectivity index (χ0n) is 59.2. The standard InChI is InChI=1S/C105H62BN3/c1-2-26-63(27-3-1)64-50-52-65(53-51-64)107-94-58-56-89-98(78-37-11-22-46-87(78)103(89)80-39-15-4-28-68(80)69-29-5-16-40-81(69)103)101(94)106-100-96(107)61-67(109-92-48-24-13-35-76(92)77-36-14-25-49-93(77)109)62-97(100)108(66-54-55-75-74-34-10-21-45-86(74)105(91(75)60-66)84-43-19-8-32-72(84)73-33-9-20-44-85(73)105)95-59-57-90-99(102(95)106)79-38-12-23-47-88(79)104(90)82-41-17-6-30-70(82)71-31-7-18-42-83(71)104/h1-62H. The van der Waals surface area contributed by atoms with E-state index in [1.807, 2.05) is 0 Å². The molecule has 0 fully saturated rings. The molecule has 4 heteroatoms. The number of anilines is 6. The van der Waals surface area contributed by atoms with Gasteiger partial charge in [-0.3, -0.25) is 0 Å². The summed E-state index contributed by atoms with van der Waals surface area (Å²) in [6, 6.07) is 146. The Balaban J connectivity index is 0.855. The molecule has 0 unspecified atom stereocenters. The molecule has 18 aromatic rings. The topological polar surface area (TPSA) is 11.4 Å². The van der Waals surface area contributed by atoms with E-state index >= 15 is 0 Å². The number of rotatable bonds is 4. The van der Waals surface area contributed by atoms with E-state index in [9.17, 15) is 0 Å². The van der Waals surface area contributed by atoms with Gasteiger partial charge in [0.15, 0.2) is 0 Å². The van der Waals surface area contributed by atoms with Gasteiger partial charge in [0.25, 0.3) is 6.71 Å². The fourth-order valence-electron chi connectivity index (χ4n) is 22.9. The molecule has 3 heterocycles. The molecule has 0 saturated heterocycles. The first-order valence-electron chi connectivity index (χ1n) is 38.4. The van der Waals surface area contributed by atoms with Crippen LogP contribution >= 0.6 is 0 Å². The van der Waals surface area contributed by atoms with Crippen LogP contribution in [0.3, 0.4) is 0 Å². The van der Waals surface area contributed by atoms with Crippen molar-refractivity contribution in [3.05, 3.63) is 443 Å². The van der Waals surface area contributed by atoms with Gasteiger partial charge >= 0.3 is 0 Å². The Morgan fingerprint density at radius 2 is 0.505 bits per heavy atom. The third kappa shape index (κ3) is 6.92. The Labute approximate surface area is 631 Å². The summed E-state index contributed by atoms with van der Waals surface area (Å²) in [5, 5.41) is 2.44. The molecule has 500 valence electrons. The van der Waals surface area contributed by atoms with E-state index in [1.165, 1.54) is 183 Å². The molecule has 3 nitrogen and oxygen atoms in total. The highest BCUT2D eigenvalue weighted by molar-refractivity contribution is 7.02. The van der Waals surface area contributed by atoms with Gasteiger partial charge in [-0.1, -0.05) is 315 Å². The average molecular weight is 1380 g/mol. The fourth-order valence-corrected chi connectivity index (χ4v) is 22.9. The molecular formula is C105H62BN3. The number of para-hydroxylation sites is 2. The fraction of sp³-hybridized carbons (Fsp3) is 0.0286. The largest absolute Gasteiger partial charge is 0.311 e. The summed E-state index contributed by atoms with van der Waals surface area (Å²) in [5.74, 6) is 0. The maximum Gasteiger partial charge on any atom is 0.253 e. The number of benzene rings is 17. The highest BCUT2D eigenvalue weighted by Gasteiger charge is 2.59. The van der Waals surface area contributed by atoms with Crippen LogP contribution in [-0.2, 0) is 16.2 Å². The van der Waals surface area contributed by atoms with E-state index in [2.05, 4.69) is 390 Å². The van der Waals surface area contributed by atoms with Crippen LogP contribution in [0, 0.1) is 0 Å². The minimum atomic E-state index is -0.631. The van der Waals surface area contributed by atoms with Gasteiger partial charge in [-0.15, -0.1) is 0 Å². The molecule has 0 radical (unpaired) electrons. The molecule has 0 bridgehead atoms. The molecule has 0 atom stereocenters. The maximum absolute atomic E-state index is 2.75. The lowest BCUT2D eigenvalue weighted by molar-refractivity contribution is 0.793. The quantitative estimate of drug-likeness (QED) is 0.163. The predicted molar refractivity (Wildman–Crippen MR) is 449 cm³/mol. The lowest BCUT2D eigenvalue weighted by atomic mass is 9.31. The van der Waals surface area contributed by atoms with Crippen molar-refractivity contribution in [3.63, 3.8) is 0 Å². The molecule has 109 heavy (non-hydrogen) atoms. The van der Waals surface area contributed by atoms with Crippen molar-refractivity contribution in [2.75, 3.05) is 9.80 Å². The number of aromatic nitrogens is 1. The zero-order valence-corrected chi connectivity index (χ0v) is 59.2. The van der Waals surface area contributed by atoms with Crippen molar-refractivity contribution in [1.82, 2.24) is 4.57 Å². The van der Waals surface area contributed by atoms with Gasteiger partial charge in [0.2, 0.25) is 0 Å². The highest BCUT2D eigenvalue weighted by Crippen LogP contribution is 2.68. The molecule has 8 aliphatic rings. The van der Waals surface area contributed by atoms with Crippen LogP contribution in [0.5, 0.6) is 0 Å². The Morgan fingerprint density at radius 1 is 0.193 bits per heavy atom. The highest BCUT2D eigenvalue weighted by atomic mass is 15.2. The summed E-state index contributed by atoms with van der Waals surface area (Å²) in [6.45, 7) is -0.341. The average Bonchev–Trinajstić information content (AvgIpc) is 1.53. The molecule has 17 aromatic carbocycles. The van der Waals surface area contributed by atoms with Crippen LogP contribution < -0.4 is 26.2 Å². The summed E-state index contributed by atoms with van der Waals surface area (Å²) in [5.41, 5.74) is 46.0. The first-order valence-corrected chi connectivity index (χ1v) is 38.4. The summed E-state index contributed by atoms with van der Waals surface area (Å²) in [7, 11) is 0. The van der Waals surface area contributed by atoms with Crippen LogP contribution in [-0.4, -0.2) is 11.3 Å².